The number of amides is 2. The van der Waals surface area contributed by atoms with E-state index in [1.165, 1.54) is 19.3 Å². The highest BCUT2D eigenvalue weighted by molar-refractivity contribution is 5.76. The van der Waals surface area contributed by atoms with Gasteiger partial charge in [-0.2, -0.15) is 0 Å². The molecule has 0 spiro atoms. The van der Waals surface area contributed by atoms with Crippen LogP contribution in [0, 0.1) is 0 Å². The van der Waals surface area contributed by atoms with Crippen molar-refractivity contribution in [3.05, 3.63) is 0 Å². The molecule has 1 saturated carbocycles. The smallest absolute Gasteiger partial charge is 0.219 e. The molecule has 0 radical (unpaired) electrons. The second-order valence-corrected chi connectivity index (χ2v) is 4.71. The molecule has 1 aliphatic rings. The van der Waals surface area contributed by atoms with Gasteiger partial charge in [0, 0.05) is 32.5 Å². The zero-order valence-corrected chi connectivity index (χ0v) is 11.0. The maximum atomic E-state index is 11.6. The monoisotopic (exact) mass is 240 g/mol. The van der Waals surface area contributed by atoms with Crippen molar-refractivity contribution >= 4 is 11.8 Å². The van der Waals surface area contributed by atoms with Crippen LogP contribution in [0.4, 0.5) is 0 Å². The van der Waals surface area contributed by atoms with Crippen molar-refractivity contribution < 1.29 is 9.59 Å². The Kier molecular flexibility index (Phi) is 6.01. The topological polar surface area (TPSA) is 49.4 Å². The summed E-state index contributed by atoms with van der Waals surface area (Å²) in [4.78, 5) is 24.7. The van der Waals surface area contributed by atoms with Crippen LogP contribution in [-0.4, -0.2) is 35.8 Å². The Hall–Kier alpha value is -1.06. The van der Waals surface area contributed by atoms with Crippen LogP contribution < -0.4 is 5.32 Å². The lowest BCUT2D eigenvalue weighted by molar-refractivity contribution is -0.132. The average Bonchev–Trinajstić information content (AvgIpc) is 2.34. The quantitative estimate of drug-likeness (QED) is 0.795. The summed E-state index contributed by atoms with van der Waals surface area (Å²) in [6.45, 7) is 4.67. The van der Waals surface area contributed by atoms with E-state index in [9.17, 15) is 9.59 Å². The molecule has 1 fully saturated rings. The van der Waals surface area contributed by atoms with Gasteiger partial charge in [0.15, 0.2) is 0 Å². The van der Waals surface area contributed by atoms with Crippen LogP contribution in [-0.2, 0) is 9.59 Å². The maximum absolute atomic E-state index is 11.6. The van der Waals surface area contributed by atoms with Gasteiger partial charge in [0.25, 0.3) is 0 Å². The van der Waals surface area contributed by atoms with Crippen molar-refractivity contribution in [1.29, 1.82) is 0 Å². The molecule has 0 saturated heterocycles. The summed E-state index contributed by atoms with van der Waals surface area (Å²) in [7, 11) is 0. The molecule has 0 aromatic carbocycles. The standard InChI is InChI=1S/C13H24N2O2/c1-3-13(17)14-9-10-15(11(2)16)12-7-5-4-6-8-12/h12H,3-10H2,1-2H3,(H,14,17). The molecule has 0 heterocycles. The highest BCUT2D eigenvalue weighted by atomic mass is 16.2. The lowest BCUT2D eigenvalue weighted by atomic mass is 9.94. The Bertz CT molecular complexity index is 260. The molecule has 4 heteroatoms. The third-order valence-electron chi connectivity index (χ3n) is 3.42. The first-order valence-corrected chi connectivity index (χ1v) is 6.69. The Balaban J connectivity index is 2.37. The van der Waals surface area contributed by atoms with Gasteiger partial charge in [0.05, 0.1) is 0 Å². The van der Waals surface area contributed by atoms with E-state index in [-0.39, 0.29) is 11.8 Å². The molecule has 0 aliphatic heterocycles. The van der Waals surface area contributed by atoms with Crippen molar-refractivity contribution in [2.24, 2.45) is 0 Å². The minimum atomic E-state index is 0.0529. The summed E-state index contributed by atoms with van der Waals surface area (Å²) in [5, 5.41) is 2.82. The largest absolute Gasteiger partial charge is 0.354 e. The number of carbonyl (C=O) groups excluding carboxylic acids is 2. The van der Waals surface area contributed by atoms with Crippen LogP contribution in [0.5, 0.6) is 0 Å². The van der Waals surface area contributed by atoms with Gasteiger partial charge >= 0.3 is 0 Å². The molecule has 1 N–H and O–H groups in total. The molecular weight excluding hydrogens is 216 g/mol. The lowest BCUT2D eigenvalue weighted by Crippen LogP contribution is -2.44. The Morgan fingerprint density at radius 2 is 1.88 bits per heavy atom. The molecule has 0 unspecified atom stereocenters. The van der Waals surface area contributed by atoms with Gasteiger partial charge in [-0.15, -0.1) is 0 Å². The van der Waals surface area contributed by atoms with Gasteiger partial charge in [-0.3, -0.25) is 9.59 Å². The molecule has 2 amide bonds. The fraction of sp³-hybridized carbons (Fsp3) is 0.846. The predicted molar refractivity (Wildman–Crippen MR) is 67.6 cm³/mol. The number of hydrogen-bond donors (Lipinski definition) is 1. The lowest BCUT2D eigenvalue weighted by Gasteiger charge is -2.33. The molecule has 1 aliphatic carbocycles. The van der Waals surface area contributed by atoms with Crippen molar-refractivity contribution in [3.63, 3.8) is 0 Å². The van der Waals surface area contributed by atoms with Crippen LogP contribution in [0.1, 0.15) is 52.4 Å². The molecule has 17 heavy (non-hydrogen) atoms. The fourth-order valence-corrected chi connectivity index (χ4v) is 2.43. The van der Waals surface area contributed by atoms with Crippen LogP contribution in [0.15, 0.2) is 0 Å². The maximum Gasteiger partial charge on any atom is 0.219 e. The number of carbonyl (C=O) groups is 2. The van der Waals surface area contributed by atoms with E-state index in [4.69, 9.17) is 0 Å². The zero-order valence-electron chi connectivity index (χ0n) is 11.0. The first kappa shape index (κ1) is 14.0. The van der Waals surface area contributed by atoms with Gasteiger partial charge < -0.3 is 10.2 Å². The van der Waals surface area contributed by atoms with Gasteiger partial charge in [0.2, 0.25) is 11.8 Å². The van der Waals surface area contributed by atoms with Crippen molar-refractivity contribution in [2.45, 2.75) is 58.4 Å². The molecule has 0 atom stereocenters. The highest BCUT2D eigenvalue weighted by Crippen LogP contribution is 2.22. The van der Waals surface area contributed by atoms with E-state index in [1.807, 2.05) is 11.8 Å². The normalized spacial score (nSPS) is 16.6. The van der Waals surface area contributed by atoms with E-state index in [2.05, 4.69) is 5.32 Å². The second kappa shape index (κ2) is 7.30. The number of nitrogens with zero attached hydrogens (tertiary/aromatic N) is 1. The fourth-order valence-electron chi connectivity index (χ4n) is 2.43. The molecule has 0 aromatic heterocycles. The third kappa shape index (κ3) is 4.75. The molecule has 1 rings (SSSR count). The number of hydrogen-bond acceptors (Lipinski definition) is 2. The van der Waals surface area contributed by atoms with Crippen molar-refractivity contribution in [3.8, 4) is 0 Å². The summed E-state index contributed by atoms with van der Waals surface area (Å²) in [5.41, 5.74) is 0. The van der Waals surface area contributed by atoms with Gasteiger partial charge in [-0.25, -0.2) is 0 Å². The molecule has 0 bridgehead atoms. The van der Waals surface area contributed by atoms with Crippen LogP contribution >= 0.6 is 0 Å². The van der Waals surface area contributed by atoms with E-state index >= 15 is 0 Å². The minimum absolute atomic E-state index is 0.0529. The minimum Gasteiger partial charge on any atom is -0.354 e. The van der Waals surface area contributed by atoms with Gasteiger partial charge in [-0.1, -0.05) is 26.2 Å². The predicted octanol–water partition coefficient (Wildman–Crippen LogP) is 1.69. The van der Waals surface area contributed by atoms with Crippen molar-refractivity contribution in [1.82, 2.24) is 10.2 Å². The zero-order chi connectivity index (χ0) is 12.7. The summed E-state index contributed by atoms with van der Waals surface area (Å²) in [5.74, 6) is 0.180. The average molecular weight is 240 g/mol. The number of nitrogens with one attached hydrogen (secondary N) is 1. The first-order chi connectivity index (χ1) is 8.15. The Morgan fingerprint density at radius 3 is 2.41 bits per heavy atom. The van der Waals surface area contributed by atoms with Crippen LogP contribution in [0.25, 0.3) is 0 Å². The van der Waals surface area contributed by atoms with Gasteiger partial charge in [0.1, 0.15) is 0 Å². The van der Waals surface area contributed by atoms with Crippen LogP contribution in [0.3, 0.4) is 0 Å². The van der Waals surface area contributed by atoms with Gasteiger partial charge in [-0.05, 0) is 12.8 Å². The van der Waals surface area contributed by atoms with Crippen molar-refractivity contribution in [2.75, 3.05) is 13.1 Å². The third-order valence-corrected chi connectivity index (χ3v) is 3.42. The summed E-state index contributed by atoms with van der Waals surface area (Å²) < 4.78 is 0. The summed E-state index contributed by atoms with van der Waals surface area (Å²) in [6.07, 6.45) is 6.45. The second-order valence-electron chi connectivity index (χ2n) is 4.71. The van der Waals surface area contributed by atoms with E-state index in [0.717, 1.165) is 12.8 Å². The van der Waals surface area contributed by atoms with Crippen LogP contribution in [0.2, 0.25) is 0 Å². The Labute approximate surface area is 104 Å². The Morgan fingerprint density at radius 1 is 1.24 bits per heavy atom. The molecule has 0 aromatic rings. The summed E-state index contributed by atoms with van der Waals surface area (Å²) in [6, 6.07) is 0.389. The first-order valence-electron chi connectivity index (χ1n) is 6.69. The van der Waals surface area contributed by atoms with E-state index < -0.39 is 0 Å². The molecule has 98 valence electrons. The number of rotatable bonds is 5. The summed E-state index contributed by atoms with van der Waals surface area (Å²) >= 11 is 0. The highest BCUT2D eigenvalue weighted by Gasteiger charge is 2.22. The van der Waals surface area contributed by atoms with E-state index in [0.29, 0.717) is 25.6 Å². The van der Waals surface area contributed by atoms with E-state index in [1.54, 1.807) is 6.92 Å². The molecule has 4 nitrogen and oxygen atoms in total. The SMILES string of the molecule is CCC(=O)NCCN(C(C)=O)C1CCCCC1. The molecular formula is C13H24N2O2.